The minimum Gasteiger partial charge on any atom is -0.494 e. The molecule has 0 spiro atoms. The van der Waals surface area contributed by atoms with Crippen molar-refractivity contribution in [2.24, 2.45) is 5.92 Å². The average Bonchev–Trinajstić information content (AvgIpc) is 2.69. The zero-order valence-electron chi connectivity index (χ0n) is 15.9. The minimum atomic E-state index is -0.229. The van der Waals surface area contributed by atoms with E-state index in [0.717, 1.165) is 25.9 Å². The molecule has 1 saturated heterocycles. The highest BCUT2D eigenvalue weighted by atomic mass is 16.5. The molecule has 1 heterocycles. The van der Waals surface area contributed by atoms with E-state index in [1.807, 2.05) is 17.9 Å². The Morgan fingerprint density at radius 1 is 1.07 bits per heavy atom. The number of carbonyl (C=O) groups is 2. The van der Waals surface area contributed by atoms with E-state index in [0.29, 0.717) is 35.1 Å². The largest absolute Gasteiger partial charge is 0.494 e. The first-order chi connectivity index (χ1) is 13.1. The fourth-order valence-corrected chi connectivity index (χ4v) is 3.22. The summed E-state index contributed by atoms with van der Waals surface area (Å²) < 4.78 is 5.44. The first-order valence-corrected chi connectivity index (χ1v) is 9.50. The highest BCUT2D eigenvalue weighted by Gasteiger charge is 2.21. The summed E-state index contributed by atoms with van der Waals surface area (Å²) in [4.78, 5) is 27.2. The minimum absolute atomic E-state index is 0.0244. The lowest BCUT2D eigenvalue weighted by Crippen LogP contribution is -2.37. The Morgan fingerprint density at radius 2 is 1.78 bits per heavy atom. The van der Waals surface area contributed by atoms with E-state index in [2.05, 4.69) is 12.2 Å². The Bertz CT molecular complexity index is 811. The number of benzene rings is 2. The Morgan fingerprint density at radius 3 is 2.52 bits per heavy atom. The van der Waals surface area contributed by atoms with Crippen LogP contribution >= 0.6 is 0 Å². The van der Waals surface area contributed by atoms with Crippen molar-refractivity contribution in [2.75, 3.05) is 25.0 Å². The molecule has 27 heavy (non-hydrogen) atoms. The molecule has 1 aliphatic rings. The molecular formula is C22H26N2O3. The van der Waals surface area contributed by atoms with Gasteiger partial charge in [-0.2, -0.15) is 0 Å². The third-order valence-electron chi connectivity index (χ3n) is 4.85. The number of hydrogen-bond donors (Lipinski definition) is 1. The van der Waals surface area contributed by atoms with Crippen LogP contribution in [0.1, 0.15) is 47.4 Å². The number of likely N-dealkylation sites (tertiary alicyclic amines) is 1. The summed E-state index contributed by atoms with van der Waals surface area (Å²) in [6.45, 7) is 6.25. The van der Waals surface area contributed by atoms with Crippen LogP contribution in [-0.4, -0.2) is 36.4 Å². The summed E-state index contributed by atoms with van der Waals surface area (Å²) in [5.74, 6) is 1.13. The summed E-state index contributed by atoms with van der Waals surface area (Å²) in [6.07, 6.45) is 2.08. The van der Waals surface area contributed by atoms with Gasteiger partial charge in [0, 0.05) is 29.9 Å². The third kappa shape index (κ3) is 4.88. The van der Waals surface area contributed by atoms with Gasteiger partial charge in [-0.15, -0.1) is 0 Å². The molecule has 3 rings (SSSR count). The third-order valence-corrected chi connectivity index (χ3v) is 4.85. The molecule has 2 aromatic rings. The molecule has 1 fully saturated rings. The van der Waals surface area contributed by atoms with Crippen molar-refractivity contribution in [1.82, 2.24) is 4.90 Å². The van der Waals surface area contributed by atoms with Crippen LogP contribution in [0.5, 0.6) is 5.75 Å². The van der Waals surface area contributed by atoms with Crippen molar-refractivity contribution in [3.8, 4) is 5.75 Å². The maximum Gasteiger partial charge on any atom is 0.255 e. The molecule has 0 radical (unpaired) electrons. The van der Waals surface area contributed by atoms with Crippen molar-refractivity contribution in [2.45, 2.75) is 26.7 Å². The summed E-state index contributed by atoms with van der Waals surface area (Å²) in [5.41, 5.74) is 1.73. The summed E-state index contributed by atoms with van der Waals surface area (Å²) in [5, 5.41) is 2.87. The van der Waals surface area contributed by atoms with Gasteiger partial charge in [-0.25, -0.2) is 0 Å². The number of ether oxygens (including phenoxy) is 1. The Kier molecular flexibility index (Phi) is 6.12. The smallest absolute Gasteiger partial charge is 0.255 e. The van der Waals surface area contributed by atoms with Crippen LogP contribution < -0.4 is 10.1 Å². The number of carbonyl (C=O) groups excluding carboxylic acids is 2. The topological polar surface area (TPSA) is 58.6 Å². The molecule has 5 heteroatoms. The molecule has 2 amide bonds. The molecule has 0 unspecified atom stereocenters. The van der Waals surface area contributed by atoms with Gasteiger partial charge < -0.3 is 15.0 Å². The quantitative estimate of drug-likeness (QED) is 0.862. The van der Waals surface area contributed by atoms with E-state index < -0.39 is 0 Å². The van der Waals surface area contributed by atoms with Gasteiger partial charge in [0.1, 0.15) is 5.75 Å². The number of anilines is 1. The number of amides is 2. The monoisotopic (exact) mass is 366 g/mol. The molecule has 5 nitrogen and oxygen atoms in total. The fourth-order valence-electron chi connectivity index (χ4n) is 3.22. The van der Waals surface area contributed by atoms with E-state index in [4.69, 9.17) is 4.74 Å². The van der Waals surface area contributed by atoms with Gasteiger partial charge in [0.25, 0.3) is 11.8 Å². The summed E-state index contributed by atoms with van der Waals surface area (Å²) in [6, 6.07) is 14.2. The van der Waals surface area contributed by atoms with Crippen LogP contribution in [0.2, 0.25) is 0 Å². The van der Waals surface area contributed by atoms with Crippen molar-refractivity contribution in [1.29, 1.82) is 0 Å². The maximum absolute atomic E-state index is 12.7. The zero-order chi connectivity index (χ0) is 19.2. The predicted molar refractivity (Wildman–Crippen MR) is 106 cm³/mol. The van der Waals surface area contributed by atoms with Gasteiger partial charge in [-0.3, -0.25) is 9.59 Å². The van der Waals surface area contributed by atoms with E-state index in [9.17, 15) is 9.59 Å². The van der Waals surface area contributed by atoms with Gasteiger partial charge in [0.2, 0.25) is 0 Å². The normalized spacial score (nSPS) is 14.7. The molecule has 1 aliphatic heterocycles. The van der Waals surface area contributed by atoms with Gasteiger partial charge in [0.15, 0.2) is 0 Å². The molecule has 0 saturated carbocycles. The first kappa shape index (κ1) is 19.0. The number of rotatable bonds is 5. The molecule has 0 aromatic heterocycles. The molecule has 0 aliphatic carbocycles. The second-order valence-corrected chi connectivity index (χ2v) is 6.97. The number of nitrogens with zero attached hydrogens (tertiary/aromatic N) is 1. The molecular weight excluding hydrogens is 340 g/mol. The molecule has 142 valence electrons. The highest BCUT2D eigenvalue weighted by molar-refractivity contribution is 6.05. The standard InChI is InChI=1S/C22H26N2O3/c1-3-27-20-9-5-6-17(15-20)21(25)23-19-8-4-7-18(14-19)22(26)24-12-10-16(2)11-13-24/h4-9,14-16H,3,10-13H2,1-2H3,(H,23,25). The van der Waals surface area contributed by atoms with Crippen molar-refractivity contribution in [3.63, 3.8) is 0 Å². The van der Waals surface area contributed by atoms with Crippen molar-refractivity contribution < 1.29 is 14.3 Å². The Labute approximate surface area is 160 Å². The second kappa shape index (κ2) is 8.71. The van der Waals surface area contributed by atoms with Crippen molar-refractivity contribution >= 4 is 17.5 Å². The van der Waals surface area contributed by atoms with Crippen LogP contribution in [0.25, 0.3) is 0 Å². The lowest BCUT2D eigenvalue weighted by molar-refractivity contribution is 0.0697. The SMILES string of the molecule is CCOc1cccc(C(=O)Nc2cccc(C(=O)N3CCC(C)CC3)c2)c1. The van der Waals surface area contributed by atoms with Crippen LogP contribution in [0.3, 0.4) is 0 Å². The highest BCUT2D eigenvalue weighted by Crippen LogP contribution is 2.20. The van der Waals surface area contributed by atoms with E-state index in [-0.39, 0.29) is 11.8 Å². The van der Waals surface area contributed by atoms with Crippen molar-refractivity contribution in [3.05, 3.63) is 59.7 Å². The average molecular weight is 366 g/mol. The fraction of sp³-hybridized carbons (Fsp3) is 0.364. The van der Waals surface area contributed by atoms with E-state index in [1.165, 1.54) is 0 Å². The summed E-state index contributed by atoms with van der Waals surface area (Å²) >= 11 is 0. The summed E-state index contributed by atoms with van der Waals surface area (Å²) in [7, 11) is 0. The molecule has 0 atom stereocenters. The van der Waals surface area contributed by atoms with Gasteiger partial charge in [-0.05, 0) is 62.1 Å². The Balaban J connectivity index is 1.69. The molecule has 1 N–H and O–H groups in total. The van der Waals surface area contributed by atoms with Crippen LogP contribution in [-0.2, 0) is 0 Å². The van der Waals surface area contributed by atoms with Gasteiger partial charge >= 0.3 is 0 Å². The van der Waals surface area contributed by atoms with E-state index >= 15 is 0 Å². The Hall–Kier alpha value is -2.82. The maximum atomic E-state index is 12.7. The lowest BCUT2D eigenvalue weighted by Gasteiger charge is -2.30. The van der Waals surface area contributed by atoms with Crippen LogP contribution in [0.15, 0.2) is 48.5 Å². The predicted octanol–water partition coefficient (Wildman–Crippen LogP) is 4.21. The zero-order valence-corrected chi connectivity index (χ0v) is 15.9. The van der Waals surface area contributed by atoms with Crippen LogP contribution in [0, 0.1) is 5.92 Å². The number of nitrogens with one attached hydrogen (secondary N) is 1. The second-order valence-electron chi connectivity index (χ2n) is 6.97. The van der Waals surface area contributed by atoms with Gasteiger partial charge in [0.05, 0.1) is 6.61 Å². The molecule has 2 aromatic carbocycles. The van der Waals surface area contributed by atoms with Gasteiger partial charge in [-0.1, -0.05) is 19.1 Å². The lowest BCUT2D eigenvalue weighted by atomic mass is 9.98. The number of piperidine rings is 1. The molecule has 0 bridgehead atoms. The van der Waals surface area contributed by atoms with E-state index in [1.54, 1.807) is 42.5 Å². The van der Waals surface area contributed by atoms with Crippen LogP contribution in [0.4, 0.5) is 5.69 Å². The first-order valence-electron chi connectivity index (χ1n) is 9.50. The number of hydrogen-bond acceptors (Lipinski definition) is 3.